The van der Waals surface area contributed by atoms with Gasteiger partial charge in [-0.05, 0) is 47.3 Å². The molecule has 1 aliphatic heterocycles. The molecular weight excluding hydrogens is 728 g/mol. The highest BCUT2D eigenvalue weighted by Crippen LogP contribution is 2.38. The number of ether oxygens (including phenoxy) is 2. The van der Waals surface area contributed by atoms with Crippen molar-refractivity contribution >= 4 is 34.8 Å². The molecule has 0 bridgehead atoms. The predicted molar refractivity (Wildman–Crippen MR) is 205 cm³/mol. The molecule has 1 N–H and O–H groups in total. The van der Waals surface area contributed by atoms with Gasteiger partial charge in [-0.25, -0.2) is 23.7 Å². The Morgan fingerprint density at radius 3 is 2.54 bits per heavy atom. The van der Waals surface area contributed by atoms with E-state index in [-0.39, 0.29) is 46.7 Å². The molecule has 0 saturated carbocycles. The maximum atomic E-state index is 15.8. The fraction of sp³-hybridized carbons (Fsp3) is 0.256. The van der Waals surface area contributed by atoms with E-state index in [1.54, 1.807) is 43.3 Å². The van der Waals surface area contributed by atoms with Gasteiger partial charge in [0.25, 0.3) is 5.56 Å². The van der Waals surface area contributed by atoms with Crippen LogP contribution >= 0.6 is 0 Å². The van der Waals surface area contributed by atoms with E-state index in [4.69, 9.17) is 9.47 Å². The molecule has 1 aliphatic rings. The molecule has 4 heterocycles. The number of nitrogens with zero attached hydrogens (tertiary/aromatic N) is 8. The van der Waals surface area contributed by atoms with E-state index in [0.717, 1.165) is 6.07 Å². The quantitative estimate of drug-likeness (QED) is 0.0607. The lowest BCUT2D eigenvalue weighted by Crippen LogP contribution is -2.41. The second-order valence-electron chi connectivity index (χ2n) is 13.7. The molecule has 288 valence electrons. The third-order valence-electron chi connectivity index (χ3n) is 9.20. The summed E-state index contributed by atoms with van der Waals surface area (Å²) in [5.74, 6) is -2.64. The summed E-state index contributed by atoms with van der Waals surface area (Å²) in [5, 5.41) is 14.6. The van der Waals surface area contributed by atoms with Crippen molar-refractivity contribution in [3.63, 3.8) is 0 Å². The number of carbonyl (C=O) groups excluding carboxylic acids is 1. The Bertz CT molecular complexity index is 2460. The van der Waals surface area contributed by atoms with Crippen LogP contribution in [0.4, 0.5) is 20.5 Å². The molecule has 5 aromatic rings. The van der Waals surface area contributed by atoms with E-state index in [9.17, 15) is 19.7 Å². The first kappa shape index (κ1) is 39.0. The van der Waals surface area contributed by atoms with Crippen LogP contribution in [0.1, 0.15) is 30.5 Å². The Balaban J connectivity index is 1.34. The third-order valence-corrected chi connectivity index (χ3v) is 9.20. The van der Waals surface area contributed by atoms with Crippen LogP contribution in [0.5, 0.6) is 11.5 Å². The monoisotopic (exact) mass is 766 g/mol. The third kappa shape index (κ3) is 8.32. The summed E-state index contributed by atoms with van der Waals surface area (Å²) in [7, 11) is 6.26. The number of aliphatic imine (C=N–C) groups is 1. The largest absolute Gasteiger partial charge is 0.494 e. The average molecular weight is 767 g/mol. The molecule has 0 aliphatic carbocycles. The molecule has 1 unspecified atom stereocenters. The maximum absolute atomic E-state index is 15.8. The number of allylic oxidation sites excluding steroid dienone is 1. The highest BCUT2D eigenvalue weighted by Gasteiger charge is 2.29. The van der Waals surface area contributed by atoms with E-state index in [2.05, 4.69) is 30.2 Å². The number of hydrogen-bond donors (Lipinski definition) is 1. The minimum atomic E-state index is -1.09. The average Bonchev–Trinajstić information content (AvgIpc) is 3.63. The molecule has 0 radical (unpaired) electrons. The van der Waals surface area contributed by atoms with Gasteiger partial charge in [0.15, 0.2) is 28.9 Å². The first-order valence-corrected chi connectivity index (χ1v) is 17.3. The Labute approximate surface area is 319 Å². The summed E-state index contributed by atoms with van der Waals surface area (Å²) in [5.41, 5.74) is 0.331. The number of pyridine rings is 1. The fourth-order valence-corrected chi connectivity index (χ4v) is 6.48. The lowest BCUT2D eigenvalue weighted by atomic mass is 10.00. The van der Waals surface area contributed by atoms with Gasteiger partial charge in [-0.2, -0.15) is 4.98 Å². The lowest BCUT2D eigenvalue weighted by Gasteiger charge is -2.28. The fourth-order valence-electron chi connectivity index (χ4n) is 6.48. The lowest BCUT2D eigenvalue weighted by molar-refractivity contribution is -0.880. The summed E-state index contributed by atoms with van der Waals surface area (Å²) >= 11 is 0. The van der Waals surface area contributed by atoms with E-state index in [1.165, 1.54) is 55.9 Å². The molecule has 6 rings (SSSR count). The van der Waals surface area contributed by atoms with Crippen LogP contribution in [-0.4, -0.2) is 87.3 Å². The number of benzene rings is 2. The minimum absolute atomic E-state index is 0.0415. The van der Waals surface area contributed by atoms with Gasteiger partial charge >= 0.3 is 5.82 Å². The number of likely N-dealkylation sites (N-methyl/N-ethyl adjacent to an activating group) is 1. The van der Waals surface area contributed by atoms with E-state index in [1.807, 2.05) is 14.1 Å². The number of carbonyl (C=O) groups is 1. The number of rotatable bonds is 15. The summed E-state index contributed by atoms with van der Waals surface area (Å²) in [6.45, 7) is 2.58. The van der Waals surface area contributed by atoms with Gasteiger partial charge in [0.2, 0.25) is 5.95 Å². The van der Waals surface area contributed by atoms with Gasteiger partial charge < -0.3 is 29.4 Å². The Morgan fingerprint density at radius 2 is 1.86 bits per heavy atom. The van der Waals surface area contributed by atoms with Crippen LogP contribution in [0.3, 0.4) is 0 Å². The number of methoxy groups -OCH3 is 2. The molecule has 0 saturated heterocycles. The molecule has 2 aromatic carbocycles. The smallest absolute Gasteiger partial charge is 0.368 e. The summed E-state index contributed by atoms with van der Waals surface area (Å²) in [6.07, 6.45) is 9.51. The molecule has 0 spiro atoms. The molecule has 56 heavy (non-hydrogen) atoms. The number of nitro groups is 1. The molecule has 0 fully saturated rings. The van der Waals surface area contributed by atoms with Gasteiger partial charge in [0.05, 0.1) is 57.6 Å². The summed E-state index contributed by atoms with van der Waals surface area (Å²) in [4.78, 5) is 59.4. The molecule has 15 nitrogen and oxygen atoms in total. The van der Waals surface area contributed by atoms with E-state index in [0.29, 0.717) is 51.9 Å². The van der Waals surface area contributed by atoms with Crippen molar-refractivity contribution in [2.24, 2.45) is 4.99 Å². The first-order chi connectivity index (χ1) is 26.8. The Kier molecular flexibility index (Phi) is 11.4. The van der Waals surface area contributed by atoms with E-state index < -0.39 is 33.7 Å². The maximum Gasteiger partial charge on any atom is 0.368 e. The van der Waals surface area contributed by atoms with Crippen molar-refractivity contribution in [1.29, 1.82) is 0 Å². The number of halogens is 2. The number of anilines is 2. The van der Waals surface area contributed by atoms with Crippen LogP contribution in [0.25, 0.3) is 22.2 Å². The molecule has 1 atom stereocenters. The number of aromatic nitrogens is 5. The van der Waals surface area contributed by atoms with Gasteiger partial charge in [-0.1, -0.05) is 29.3 Å². The molecule has 3 aromatic heterocycles. The standard InChI is InChI=1S/C39H37F2N9O6/c1-23(25-9-6-8-24(16-25)17-28(51)10-7-15-50(2,3)21-26-11-14-43-36(26)49(53)54)48-37-27(20-44-39(47-37)46-32-12-13-42-22-45-32)18-29(38(48)52)33-34(40)30(55-4)19-31(56-5)35(33)41/h6-10,12-14,16,18-20,22-23H,11,15,17,21H2,1-5H3/p+1/b10-7+. The van der Waals surface area contributed by atoms with Crippen molar-refractivity contribution in [1.82, 2.24) is 24.5 Å². The number of nitrogens with one attached hydrogen (secondary N) is 1. The highest BCUT2D eigenvalue weighted by atomic mass is 19.1. The van der Waals surface area contributed by atoms with E-state index >= 15 is 8.78 Å². The van der Waals surface area contributed by atoms with Crippen molar-refractivity contribution in [3.8, 4) is 22.6 Å². The zero-order valence-electron chi connectivity index (χ0n) is 31.2. The number of ketones is 1. The number of fused-ring (bicyclic) bond motifs is 1. The summed E-state index contributed by atoms with van der Waals surface area (Å²) < 4.78 is 43.7. The number of quaternary nitrogens is 1. The van der Waals surface area contributed by atoms with Crippen molar-refractivity contribution in [2.75, 3.05) is 46.7 Å². The molecule has 17 heteroatoms. The molecular formula is C39H38F2N9O6+. The second-order valence-corrected chi connectivity index (χ2v) is 13.7. The topological polar surface area (TPSA) is 177 Å². The van der Waals surface area contributed by atoms with Crippen LogP contribution in [0.15, 0.2) is 94.5 Å². The predicted octanol–water partition coefficient (Wildman–Crippen LogP) is 5.60. The number of hydrogen-bond acceptors (Lipinski definition) is 12. The Morgan fingerprint density at radius 1 is 1.11 bits per heavy atom. The van der Waals surface area contributed by atoms with Crippen molar-refractivity contribution < 1.29 is 32.5 Å². The summed E-state index contributed by atoms with van der Waals surface area (Å²) in [6, 6.07) is 10.3. The minimum Gasteiger partial charge on any atom is -0.494 e. The second kappa shape index (κ2) is 16.3. The van der Waals surface area contributed by atoms with Crippen LogP contribution < -0.4 is 20.3 Å². The zero-order chi connectivity index (χ0) is 40.1. The van der Waals surface area contributed by atoms with Gasteiger partial charge in [0.1, 0.15) is 30.6 Å². The normalized spacial score (nSPS) is 13.4. The zero-order valence-corrected chi connectivity index (χ0v) is 31.2. The van der Waals surface area contributed by atoms with Gasteiger partial charge in [-0.3, -0.25) is 14.2 Å². The van der Waals surface area contributed by atoms with Crippen LogP contribution in [-0.2, 0) is 11.2 Å². The van der Waals surface area contributed by atoms with Crippen LogP contribution in [0.2, 0.25) is 0 Å². The molecule has 0 amide bonds. The Hall–Kier alpha value is -6.75. The van der Waals surface area contributed by atoms with Crippen molar-refractivity contribution in [3.05, 3.63) is 128 Å². The van der Waals surface area contributed by atoms with Gasteiger partial charge in [0, 0.05) is 36.7 Å². The van der Waals surface area contributed by atoms with Crippen LogP contribution in [0, 0.1) is 21.7 Å². The van der Waals surface area contributed by atoms with Crippen molar-refractivity contribution in [2.45, 2.75) is 25.8 Å². The SMILES string of the molecule is COc1cc(OC)c(F)c(-c2cc3cnc(Nc4ccncn4)nc3n(C(C)c3cccc(CC(=O)/C=C/C[N+](C)(C)CC4=C([N+](=O)[O-])N=CC4)c3)c2=O)c1F. The highest BCUT2D eigenvalue weighted by molar-refractivity contribution is 5.91. The van der Waals surface area contributed by atoms with Gasteiger partial charge in [-0.15, -0.1) is 0 Å². The first-order valence-electron chi connectivity index (χ1n) is 17.3.